The number of rotatable bonds is 6. The molecule has 5 nitrogen and oxygen atoms in total. The molecule has 0 aliphatic heterocycles. The lowest BCUT2D eigenvalue weighted by Crippen LogP contribution is -1.94. The van der Waals surface area contributed by atoms with Crippen LogP contribution in [0.25, 0.3) is 101 Å². The van der Waals surface area contributed by atoms with Gasteiger partial charge in [-0.2, -0.15) is 4.98 Å². The Kier molecular flexibility index (Phi) is 7.07. The topological polar surface area (TPSA) is 65.0 Å². The first kappa shape index (κ1) is 29.8. The molecule has 0 saturated heterocycles. The molecule has 5 heteroatoms. The van der Waals surface area contributed by atoms with Crippen LogP contribution in [0.15, 0.2) is 185 Å². The fourth-order valence-electron chi connectivity index (χ4n) is 6.98. The van der Waals surface area contributed by atoms with E-state index in [1.165, 1.54) is 0 Å². The largest absolute Gasteiger partial charge is 0.438 e. The minimum Gasteiger partial charge on any atom is -0.438 e. The summed E-state index contributed by atoms with van der Waals surface area (Å²) < 4.78 is 12.3. The molecule has 0 aliphatic rings. The number of para-hydroxylation sites is 3. The van der Waals surface area contributed by atoms with E-state index in [4.69, 9.17) is 23.8 Å². The molecule has 0 bridgehead atoms. The number of hydrogen-bond acceptors (Lipinski definition) is 5. The Hall–Kier alpha value is -7.11. The van der Waals surface area contributed by atoms with Gasteiger partial charge >= 0.3 is 0 Å². The van der Waals surface area contributed by atoms with Gasteiger partial charge in [0.25, 0.3) is 0 Å². The molecule has 0 amide bonds. The molecular formula is C47H29N3O2. The molecule has 0 unspecified atom stereocenters. The highest BCUT2D eigenvalue weighted by atomic mass is 16.3. The van der Waals surface area contributed by atoms with Crippen LogP contribution in [0, 0.1) is 0 Å². The summed E-state index contributed by atoms with van der Waals surface area (Å²) >= 11 is 0. The summed E-state index contributed by atoms with van der Waals surface area (Å²) in [7, 11) is 0. The molecular weight excluding hydrogens is 639 g/mol. The number of benzene rings is 7. The van der Waals surface area contributed by atoms with Crippen LogP contribution in [0.4, 0.5) is 0 Å². The monoisotopic (exact) mass is 667 g/mol. The number of aromatic nitrogens is 3. The van der Waals surface area contributed by atoms with E-state index in [0.717, 1.165) is 83.2 Å². The third kappa shape index (κ3) is 5.32. The van der Waals surface area contributed by atoms with E-state index in [-0.39, 0.29) is 0 Å². The predicted molar refractivity (Wildman–Crippen MR) is 209 cm³/mol. The number of nitrogens with zero attached hydrogens (tertiary/aromatic N) is 3. The van der Waals surface area contributed by atoms with E-state index < -0.39 is 0 Å². The lowest BCUT2D eigenvalue weighted by Gasteiger charge is -2.10. The van der Waals surface area contributed by atoms with E-state index in [9.17, 15) is 0 Å². The second-order valence-corrected chi connectivity index (χ2v) is 12.9. The van der Waals surface area contributed by atoms with E-state index >= 15 is 0 Å². The van der Waals surface area contributed by atoms with Crippen LogP contribution >= 0.6 is 0 Å². The van der Waals surface area contributed by atoms with Crippen molar-refractivity contribution in [1.29, 1.82) is 0 Å². The van der Waals surface area contributed by atoms with Crippen LogP contribution < -0.4 is 0 Å². The van der Waals surface area contributed by atoms with Crippen molar-refractivity contribution in [2.75, 3.05) is 0 Å². The van der Waals surface area contributed by atoms with Crippen LogP contribution in [0.1, 0.15) is 0 Å². The number of oxazole rings is 1. The molecule has 0 spiro atoms. The molecule has 0 saturated carbocycles. The van der Waals surface area contributed by atoms with Crippen molar-refractivity contribution >= 4 is 33.2 Å². The summed E-state index contributed by atoms with van der Waals surface area (Å²) in [6, 6.07) is 60.2. The molecule has 52 heavy (non-hydrogen) atoms. The fourth-order valence-corrected chi connectivity index (χ4v) is 6.98. The predicted octanol–water partition coefficient (Wildman–Crippen LogP) is 12.5. The first-order valence-electron chi connectivity index (χ1n) is 17.3. The Bertz CT molecular complexity index is 2890. The molecule has 0 aliphatic carbocycles. The van der Waals surface area contributed by atoms with E-state index in [1.807, 2.05) is 66.7 Å². The standard InChI is InChI=1S/C47H29N3O2/c1-2-12-30(13-3-1)44-43-39-22-4-6-24-41(39)51-47(43)50-45(49-44)37-20-10-18-35(28-37)33-16-8-14-31(26-33)32-15-9-17-34(27-32)36-19-11-21-38(29-36)46-48-40-23-5-7-25-42(40)52-46/h1-29H. The number of fused-ring (bicyclic) bond motifs is 4. The van der Waals surface area contributed by atoms with Gasteiger partial charge in [0, 0.05) is 22.1 Å². The van der Waals surface area contributed by atoms with Crippen LogP contribution in [0.5, 0.6) is 0 Å². The maximum atomic E-state index is 6.28. The number of furan rings is 1. The van der Waals surface area contributed by atoms with Crippen molar-refractivity contribution in [3.63, 3.8) is 0 Å². The molecule has 0 atom stereocenters. The van der Waals surface area contributed by atoms with Crippen molar-refractivity contribution in [3.8, 4) is 67.5 Å². The van der Waals surface area contributed by atoms with Crippen LogP contribution in [0.2, 0.25) is 0 Å². The summed E-state index contributed by atoms with van der Waals surface area (Å²) in [6.45, 7) is 0. The zero-order chi connectivity index (χ0) is 34.4. The average molecular weight is 668 g/mol. The average Bonchev–Trinajstić information content (AvgIpc) is 3.83. The minimum atomic E-state index is 0.580. The Labute approximate surface area is 299 Å². The van der Waals surface area contributed by atoms with Crippen molar-refractivity contribution < 1.29 is 8.83 Å². The summed E-state index contributed by atoms with van der Waals surface area (Å²) in [5, 5.41) is 1.93. The summed E-state index contributed by atoms with van der Waals surface area (Å²) in [5.74, 6) is 1.24. The Morgan fingerprint density at radius 2 is 0.846 bits per heavy atom. The maximum absolute atomic E-state index is 6.28. The molecule has 244 valence electrons. The molecule has 0 radical (unpaired) electrons. The van der Waals surface area contributed by atoms with Gasteiger partial charge < -0.3 is 8.83 Å². The van der Waals surface area contributed by atoms with Gasteiger partial charge in [0.1, 0.15) is 11.1 Å². The zero-order valence-electron chi connectivity index (χ0n) is 27.9. The van der Waals surface area contributed by atoms with Crippen LogP contribution in [-0.4, -0.2) is 15.0 Å². The molecule has 3 aromatic heterocycles. The Morgan fingerprint density at radius 1 is 0.346 bits per heavy atom. The highest BCUT2D eigenvalue weighted by Gasteiger charge is 2.18. The quantitative estimate of drug-likeness (QED) is 0.177. The summed E-state index contributed by atoms with van der Waals surface area (Å²) in [6.07, 6.45) is 0. The van der Waals surface area contributed by atoms with Gasteiger partial charge in [0.2, 0.25) is 11.6 Å². The van der Waals surface area contributed by atoms with Crippen molar-refractivity contribution in [2.24, 2.45) is 0 Å². The Balaban J connectivity index is 1.00. The van der Waals surface area contributed by atoms with Crippen LogP contribution in [0.3, 0.4) is 0 Å². The molecule has 10 rings (SSSR count). The second kappa shape index (κ2) is 12.3. The molecule has 3 heterocycles. The highest BCUT2D eigenvalue weighted by Crippen LogP contribution is 2.37. The first-order valence-corrected chi connectivity index (χ1v) is 17.3. The first-order chi connectivity index (χ1) is 25.7. The van der Waals surface area contributed by atoms with E-state index in [1.54, 1.807) is 0 Å². The molecule has 10 aromatic rings. The van der Waals surface area contributed by atoms with Crippen molar-refractivity contribution in [1.82, 2.24) is 15.0 Å². The van der Waals surface area contributed by atoms with Gasteiger partial charge in [-0.15, -0.1) is 0 Å². The van der Waals surface area contributed by atoms with Gasteiger partial charge in [-0.1, -0.05) is 127 Å². The zero-order valence-corrected chi connectivity index (χ0v) is 27.9. The molecule has 0 fully saturated rings. The number of hydrogen-bond donors (Lipinski definition) is 0. The smallest absolute Gasteiger partial charge is 0.231 e. The molecule has 0 N–H and O–H groups in total. The summed E-state index contributed by atoms with van der Waals surface area (Å²) in [4.78, 5) is 14.8. The lowest BCUT2D eigenvalue weighted by molar-refractivity contribution is 0.620. The van der Waals surface area contributed by atoms with Gasteiger partial charge in [-0.25, -0.2) is 9.97 Å². The molecule has 7 aromatic carbocycles. The van der Waals surface area contributed by atoms with Crippen molar-refractivity contribution in [3.05, 3.63) is 176 Å². The van der Waals surface area contributed by atoms with E-state index in [2.05, 4.69) is 109 Å². The van der Waals surface area contributed by atoms with E-state index in [0.29, 0.717) is 17.4 Å². The van der Waals surface area contributed by atoms with Crippen molar-refractivity contribution in [2.45, 2.75) is 0 Å². The van der Waals surface area contributed by atoms with Gasteiger partial charge in [0.05, 0.1) is 11.1 Å². The van der Waals surface area contributed by atoms with Gasteiger partial charge in [-0.05, 0) is 81.9 Å². The second-order valence-electron chi connectivity index (χ2n) is 12.9. The maximum Gasteiger partial charge on any atom is 0.231 e. The Morgan fingerprint density at radius 3 is 1.50 bits per heavy atom. The van der Waals surface area contributed by atoms with Gasteiger partial charge in [-0.3, -0.25) is 0 Å². The fraction of sp³-hybridized carbons (Fsp3) is 0. The normalized spacial score (nSPS) is 11.5. The summed E-state index contributed by atoms with van der Waals surface area (Å²) in [5.41, 5.74) is 13.4. The van der Waals surface area contributed by atoms with Gasteiger partial charge in [0.15, 0.2) is 11.4 Å². The third-order valence-electron chi connectivity index (χ3n) is 9.54. The minimum absolute atomic E-state index is 0.580. The lowest BCUT2D eigenvalue weighted by atomic mass is 9.95. The van der Waals surface area contributed by atoms with Crippen LogP contribution in [-0.2, 0) is 0 Å². The SMILES string of the molecule is c1ccc(-c2nc(-c3cccc(-c4cccc(-c5cccc(-c6cccc(-c7nc8ccccc8o7)c6)c5)c4)c3)nc3oc4ccccc4c23)cc1. The highest BCUT2D eigenvalue weighted by molar-refractivity contribution is 6.10. The third-order valence-corrected chi connectivity index (χ3v) is 9.54.